The minimum absolute atomic E-state index is 0.0162. The molecule has 3 fully saturated rings. The highest BCUT2D eigenvalue weighted by Crippen LogP contribution is 2.42. The van der Waals surface area contributed by atoms with Crippen molar-refractivity contribution in [2.24, 2.45) is 10.2 Å². The van der Waals surface area contributed by atoms with Crippen LogP contribution in [0.2, 0.25) is 0 Å². The SMILES string of the molecule is CCN(CCOC(=O)CCC(=O)O[C@@H]1[C@H]2OC(C)(C)O[C@H]2O[C@@H]1[C@H]1COC(C)(C)O1)c1ccc(N=Nc2ccc([N+](=O)[O-])cc2)cc1. The normalized spacial score (nSPS) is 25.9. The van der Waals surface area contributed by atoms with Gasteiger partial charge in [0.1, 0.15) is 18.8 Å². The van der Waals surface area contributed by atoms with Crippen LogP contribution in [0, 0.1) is 10.1 Å². The van der Waals surface area contributed by atoms with Crippen LogP contribution >= 0.6 is 0 Å². The molecular formula is C32H40N4O11. The molecule has 15 heteroatoms. The quantitative estimate of drug-likeness (QED) is 0.121. The van der Waals surface area contributed by atoms with E-state index >= 15 is 0 Å². The number of non-ortho nitro benzene ring substituents is 1. The summed E-state index contributed by atoms with van der Waals surface area (Å²) in [5.74, 6) is -2.81. The number of likely N-dealkylation sites (N-methyl/N-ethyl adjacent to an activating group) is 1. The summed E-state index contributed by atoms with van der Waals surface area (Å²) in [7, 11) is 0. The van der Waals surface area contributed by atoms with Gasteiger partial charge in [0.2, 0.25) is 0 Å². The van der Waals surface area contributed by atoms with E-state index in [4.69, 9.17) is 33.2 Å². The van der Waals surface area contributed by atoms with Gasteiger partial charge >= 0.3 is 11.9 Å². The minimum Gasteiger partial charge on any atom is -0.464 e. The molecule has 0 N–H and O–H groups in total. The van der Waals surface area contributed by atoms with E-state index in [0.717, 1.165) is 5.69 Å². The highest BCUT2D eigenvalue weighted by molar-refractivity contribution is 5.77. The summed E-state index contributed by atoms with van der Waals surface area (Å²) in [5, 5.41) is 19.1. The van der Waals surface area contributed by atoms with E-state index in [-0.39, 0.29) is 31.7 Å². The first kappa shape index (κ1) is 34.3. The van der Waals surface area contributed by atoms with Gasteiger partial charge in [-0.05, 0) is 71.0 Å². The summed E-state index contributed by atoms with van der Waals surface area (Å²) in [5.41, 5.74) is 1.98. The summed E-state index contributed by atoms with van der Waals surface area (Å²) in [6, 6.07) is 13.1. The van der Waals surface area contributed by atoms with Crippen LogP contribution in [0.15, 0.2) is 58.8 Å². The van der Waals surface area contributed by atoms with Crippen LogP contribution in [0.4, 0.5) is 22.7 Å². The predicted molar refractivity (Wildman–Crippen MR) is 165 cm³/mol. The molecule has 0 amide bonds. The lowest BCUT2D eigenvalue weighted by molar-refractivity contribution is -0.384. The second-order valence-electron chi connectivity index (χ2n) is 12.2. The number of hydrogen-bond donors (Lipinski definition) is 0. The molecular weight excluding hydrogens is 616 g/mol. The van der Waals surface area contributed by atoms with Crippen LogP contribution in [-0.4, -0.2) is 85.4 Å². The average Bonchev–Trinajstić information content (AvgIpc) is 3.66. The van der Waals surface area contributed by atoms with Crippen molar-refractivity contribution in [2.45, 2.75) is 89.7 Å². The molecule has 5 atom stereocenters. The average molecular weight is 657 g/mol. The van der Waals surface area contributed by atoms with Gasteiger partial charge in [0.15, 0.2) is 30.1 Å². The molecule has 3 saturated heterocycles. The van der Waals surface area contributed by atoms with Crippen molar-refractivity contribution in [3.8, 4) is 0 Å². The van der Waals surface area contributed by atoms with Crippen molar-refractivity contribution in [2.75, 3.05) is 31.2 Å². The van der Waals surface area contributed by atoms with Gasteiger partial charge in [0.25, 0.3) is 5.69 Å². The number of ether oxygens (including phenoxy) is 7. The number of nitrogens with zero attached hydrogens (tertiary/aromatic N) is 4. The predicted octanol–water partition coefficient (Wildman–Crippen LogP) is 5.10. The van der Waals surface area contributed by atoms with Crippen molar-refractivity contribution in [1.29, 1.82) is 0 Å². The fourth-order valence-electron chi connectivity index (χ4n) is 5.53. The Balaban J connectivity index is 1.06. The number of fused-ring (bicyclic) bond motifs is 1. The first-order chi connectivity index (χ1) is 22.3. The van der Waals surface area contributed by atoms with Crippen molar-refractivity contribution in [3.05, 3.63) is 58.6 Å². The number of azo groups is 1. The van der Waals surface area contributed by atoms with E-state index in [1.807, 2.05) is 24.0 Å². The second kappa shape index (κ2) is 14.4. The van der Waals surface area contributed by atoms with Gasteiger partial charge in [0.05, 0.1) is 42.3 Å². The maximum atomic E-state index is 12.8. The summed E-state index contributed by atoms with van der Waals surface area (Å²) in [6.45, 7) is 10.6. The Bertz CT molecular complexity index is 1450. The fourth-order valence-corrected chi connectivity index (χ4v) is 5.53. The molecule has 0 aromatic heterocycles. The van der Waals surface area contributed by atoms with Gasteiger partial charge in [-0.15, -0.1) is 0 Å². The number of hydrogen-bond acceptors (Lipinski definition) is 14. The molecule has 2 aromatic carbocycles. The van der Waals surface area contributed by atoms with E-state index in [2.05, 4.69) is 10.2 Å². The summed E-state index contributed by atoms with van der Waals surface area (Å²) in [4.78, 5) is 37.7. The molecule has 3 aliphatic rings. The zero-order chi connectivity index (χ0) is 33.8. The van der Waals surface area contributed by atoms with Crippen LogP contribution in [0.25, 0.3) is 0 Å². The van der Waals surface area contributed by atoms with Gasteiger partial charge in [-0.25, -0.2) is 0 Å². The number of nitro groups is 1. The van der Waals surface area contributed by atoms with Gasteiger partial charge in [0, 0.05) is 24.4 Å². The van der Waals surface area contributed by atoms with Crippen molar-refractivity contribution in [3.63, 3.8) is 0 Å². The molecule has 3 heterocycles. The van der Waals surface area contributed by atoms with Gasteiger partial charge in [-0.3, -0.25) is 19.7 Å². The molecule has 15 nitrogen and oxygen atoms in total. The van der Waals surface area contributed by atoms with E-state index < -0.39 is 59.1 Å². The number of benzene rings is 2. The molecule has 2 aromatic rings. The Hall–Kier alpha value is -4.02. The van der Waals surface area contributed by atoms with Gasteiger partial charge < -0.3 is 38.1 Å². The number of nitro benzene ring substituents is 1. The Kier molecular flexibility index (Phi) is 10.5. The highest BCUT2D eigenvalue weighted by atomic mass is 16.9. The van der Waals surface area contributed by atoms with Crippen molar-refractivity contribution in [1.82, 2.24) is 0 Å². The molecule has 0 radical (unpaired) electrons. The van der Waals surface area contributed by atoms with E-state index in [0.29, 0.717) is 24.5 Å². The number of carbonyl (C=O) groups excluding carboxylic acids is 2. The summed E-state index contributed by atoms with van der Waals surface area (Å²) < 4.78 is 40.7. The van der Waals surface area contributed by atoms with Crippen molar-refractivity contribution < 1.29 is 47.7 Å². The maximum absolute atomic E-state index is 12.8. The molecule has 3 aliphatic heterocycles. The molecule has 0 saturated carbocycles. The first-order valence-corrected chi connectivity index (χ1v) is 15.5. The lowest BCUT2D eigenvalue weighted by Crippen LogP contribution is -2.45. The summed E-state index contributed by atoms with van der Waals surface area (Å²) >= 11 is 0. The molecule has 0 unspecified atom stereocenters. The maximum Gasteiger partial charge on any atom is 0.306 e. The Morgan fingerprint density at radius 2 is 1.55 bits per heavy atom. The number of anilines is 1. The monoisotopic (exact) mass is 656 g/mol. The van der Waals surface area contributed by atoms with Crippen molar-refractivity contribution >= 4 is 34.7 Å². The lowest BCUT2D eigenvalue weighted by Gasteiger charge is -2.28. The topological polar surface area (TPSA) is 170 Å². The standard InChI is InChI=1S/C32H40N4O11/c1-6-35(22-11-7-20(8-12-22)33-34-21-9-13-23(14-10-21)36(39)40)17-18-41-25(37)15-16-26(38)43-28-27(24-19-42-31(2,3)45-24)44-30-29(28)46-32(4,5)47-30/h7-14,24,27-30H,6,15-19H2,1-5H3/t24-,27-,28+,29-,30-/m1/s1. The third-order valence-electron chi connectivity index (χ3n) is 7.79. The second-order valence-corrected chi connectivity index (χ2v) is 12.2. The highest BCUT2D eigenvalue weighted by Gasteiger charge is 2.60. The van der Waals surface area contributed by atoms with E-state index in [9.17, 15) is 19.7 Å². The van der Waals surface area contributed by atoms with Crippen LogP contribution in [-0.2, 0) is 42.7 Å². The van der Waals surface area contributed by atoms with E-state index in [1.165, 1.54) is 24.3 Å². The number of rotatable bonds is 13. The smallest absolute Gasteiger partial charge is 0.306 e. The minimum atomic E-state index is -0.905. The Morgan fingerprint density at radius 3 is 2.15 bits per heavy atom. The number of carbonyl (C=O) groups is 2. The Morgan fingerprint density at radius 1 is 0.915 bits per heavy atom. The molecule has 5 rings (SSSR count). The third-order valence-corrected chi connectivity index (χ3v) is 7.79. The van der Waals surface area contributed by atoms with Crippen LogP contribution in [0.1, 0.15) is 47.5 Å². The van der Waals surface area contributed by atoms with Gasteiger partial charge in [-0.1, -0.05) is 0 Å². The summed E-state index contributed by atoms with van der Waals surface area (Å²) in [6.07, 6.45) is -3.65. The molecule has 254 valence electrons. The first-order valence-electron chi connectivity index (χ1n) is 15.5. The molecule has 0 spiro atoms. The fraction of sp³-hybridized carbons (Fsp3) is 0.562. The zero-order valence-electron chi connectivity index (χ0n) is 27.0. The molecule has 0 bridgehead atoms. The van der Waals surface area contributed by atoms with Gasteiger partial charge in [-0.2, -0.15) is 10.2 Å². The molecule has 0 aliphatic carbocycles. The van der Waals surface area contributed by atoms with Crippen LogP contribution in [0.5, 0.6) is 0 Å². The zero-order valence-corrected chi connectivity index (χ0v) is 27.0. The van der Waals surface area contributed by atoms with Crippen LogP contribution in [0.3, 0.4) is 0 Å². The Labute approximate surface area is 272 Å². The lowest BCUT2D eigenvalue weighted by atomic mass is 10.1. The number of esters is 2. The molecule has 47 heavy (non-hydrogen) atoms. The third kappa shape index (κ3) is 8.87. The van der Waals surface area contributed by atoms with Crippen LogP contribution < -0.4 is 4.90 Å². The van der Waals surface area contributed by atoms with E-state index in [1.54, 1.807) is 39.8 Å². The largest absolute Gasteiger partial charge is 0.464 e.